The van der Waals surface area contributed by atoms with Gasteiger partial charge in [-0.1, -0.05) is 0 Å². The van der Waals surface area contributed by atoms with Gasteiger partial charge in [-0.05, 0) is 41.9 Å². The molecule has 1 N–H and O–H groups in total. The van der Waals surface area contributed by atoms with Crippen LogP contribution in [0, 0.1) is 13.8 Å². The normalized spacial score (nSPS) is 11.2. The van der Waals surface area contributed by atoms with Crippen molar-refractivity contribution < 1.29 is 4.74 Å². The Labute approximate surface area is 132 Å². The first-order chi connectivity index (χ1) is 9.61. The maximum Gasteiger partial charge on any atom is 0.0755 e. The zero-order chi connectivity index (χ0) is 14.5. The first-order valence-corrected chi connectivity index (χ1v) is 8.19. The van der Waals surface area contributed by atoms with Gasteiger partial charge in [0.1, 0.15) is 0 Å². The minimum absolute atomic E-state index is 0.732. The molecule has 110 valence electrons. The largest absolute Gasteiger partial charge is 0.383 e. The van der Waals surface area contributed by atoms with Gasteiger partial charge in [-0.25, -0.2) is 0 Å². The molecule has 4 nitrogen and oxygen atoms in total. The molecule has 2 heterocycles. The minimum atomic E-state index is 0.732. The summed E-state index contributed by atoms with van der Waals surface area (Å²) in [6.45, 7) is 7.47. The van der Waals surface area contributed by atoms with Crippen molar-refractivity contribution in [3.63, 3.8) is 0 Å². The smallest absolute Gasteiger partial charge is 0.0755 e. The lowest BCUT2D eigenvalue weighted by Crippen LogP contribution is -2.19. The molecule has 0 amide bonds. The zero-order valence-electron chi connectivity index (χ0n) is 12.1. The third-order valence-electron chi connectivity index (χ3n) is 3.25. The lowest BCUT2D eigenvalue weighted by atomic mass is 10.2. The molecular weight excluding hydrogens is 338 g/mol. The highest BCUT2D eigenvalue weighted by Gasteiger charge is 2.11. The molecule has 0 atom stereocenters. The molecule has 0 saturated carbocycles. The molecule has 0 aromatic carbocycles. The van der Waals surface area contributed by atoms with Gasteiger partial charge in [-0.3, -0.25) is 4.68 Å². The van der Waals surface area contributed by atoms with E-state index in [1.165, 1.54) is 16.1 Å². The van der Waals surface area contributed by atoms with Crippen molar-refractivity contribution in [3.8, 4) is 0 Å². The molecule has 0 fully saturated rings. The van der Waals surface area contributed by atoms with Gasteiger partial charge in [0.15, 0.2) is 0 Å². The molecule has 20 heavy (non-hydrogen) atoms. The molecule has 0 radical (unpaired) electrons. The zero-order valence-corrected chi connectivity index (χ0v) is 14.5. The summed E-state index contributed by atoms with van der Waals surface area (Å²) in [7, 11) is 1.72. The van der Waals surface area contributed by atoms with Crippen LogP contribution in [-0.2, 0) is 17.8 Å². The number of aryl methyl sites for hydroxylation is 1. The molecule has 0 aliphatic carbocycles. The van der Waals surface area contributed by atoms with Crippen LogP contribution < -0.4 is 5.32 Å². The third-order valence-corrected chi connectivity index (χ3v) is 4.86. The van der Waals surface area contributed by atoms with Gasteiger partial charge in [0, 0.05) is 36.3 Å². The van der Waals surface area contributed by atoms with E-state index in [0.717, 1.165) is 35.7 Å². The van der Waals surface area contributed by atoms with Crippen molar-refractivity contribution in [3.05, 3.63) is 37.7 Å². The number of ether oxygens (including phenoxy) is 1. The SMILES string of the molecule is COCCNCc1c(C)nn(Cc2ccc(Br)s2)c1C. The Morgan fingerprint density at radius 1 is 1.40 bits per heavy atom. The topological polar surface area (TPSA) is 39.1 Å². The van der Waals surface area contributed by atoms with Gasteiger partial charge in [0.2, 0.25) is 0 Å². The number of hydrogen-bond acceptors (Lipinski definition) is 4. The van der Waals surface area contributed by atoms with Crippen LogP contribution in [0.25, 0.3) is 0 Å². The predicted octanol–water partition coefficient (Wildman–Crippen LogP) is 3.11. The molecule has 2 rings (SSSR count). The van der Waals surface area contributed by atoms with Gasteiger partial charge in [0.05, 0.1) is 22.6 Å². The average Bonchev–Trinajstić information content (AvgIpc) is 2.93. The molecule has 2 aromatic heterocycles. The van der Waals surface area contributed by atoms with Crippen LogP contribution in [0.5, 0.6) is 0 Å². The second kappa shape index (κ2) is 7.36. The highest BCUT2D eigenvalue weighted by molar-refractivity contribution is 9.11. The third kappa shape index (κ3) is 3.91. The van der Waals surface area contributed by atoms with E-state index in [-0.39, 0.29) is 0 Å². The van der Waals surface area contributed by atoms with Gasteiger partial charge in [-0.2, -0.15) is 5.10 Å². The molecule has 0 bridgehead atoms. The summed E-state index contributed by atoms with van der Waals surface area (Å²) in [5.41, 5.74) is 3.62. The Balaban J connectivity index is 2.04. The fourth-order valence-corrected chi connectivity index (χ4v) is 3.58. The van der Waals surface area contributed by atoms with E-state index in [2.05, 4.69) is 57.0 Å². The van der Waals surface area contributed by atoms with Gasteiger partial charge in [-0.15, -0.1) is 11.3 Å². The first-order valence-electron chi connectivity index (χ1n) is 6.58. The molecule has 0 saturated heterocycles. The fourth-order valence-electron chi connectivity index (χ4n) is 2.12. The summed E-state index contributed by atoms with van der Waals surface area (Å²) < 4.78 is 8.29. The summed E-state index contributed by atoms with van der Waals surface area (Å²) in [4.78, 5) is 1.31. The van der Waals surface area contributed by atoms with E-state index in [4.69, 9.17) is 4.74 Å². The second-order valence-corrected chi connectivity index (χ2v) is 7.23. The fraction of sp³-hybridized carbons (Fsp3) is 0.500. The Morgan fingerprint density at radius 3 is 2.85 bits per heavy atom. The lowest BCUT2D eigenvalue weighted by molar-refractivity contribution is 0.199. The Morgan fingerprint density at radius 2 is 2.20 bits per heavy atom. The minimum Gasteiger partial charge on any atom is -0.383 e. The highest BCUT2D eigenvalue weighted by atomic mass is 79.9. The van der Waals surface area contributed by atoms with Gasteiger partial charge < -0.3 is 10.1 Å². The number of thiophene rings is 1. The van der Waals surface area contributed by atoms with Crippen LogP contribution in [0.15, 0.2) is 15.9 Å². The number of rotatable bonds is 7. The number of halogens is 1. The average molecular weight is 358 g/mol. The second-order valence-electron chi connectivity index (χ2n) is 4.68. The van der Waals surface area contributed by atoms with Crippen LogP contribution in [-0.4, -0.2) is 30.0 Å². The Bertz CT molecular complexity index is 565. The van der Waals surface area contributed by atoms with Crippen molar-refractivity contribution >= 4 is 27.3 Å². The number of nitrogens with one attached hydrogen (secondary N) is 1. The highest BCUT2D eigenvalue weighted by Crippen LogP contribution is 2.23. The predicted molar refractivity (Wildman–Crippen MR) is 86.4 cm³/mol. The molecule has 6 heteroatoms. The molecule has 0 aliphatic rings. The van der Waals surface area contributed by atoms with Crippen LogP contribution in [0.1, 0.15) is 21.8 Å². The summed E-state index contributed by atoms with van der Waals surface area (Å²) in [6, 6.07) is 4.22. The maximum atomic E-state index is 5.04. The van der Waals surface area contributed by atoms with Crippen LogP contribution in [0.3, 0.4) is 0 Å². The van der Waals surface area contributed by atoms with E-state index >= 15 is 0 Å². The lowest BCUT2D eigenvalue weighted by Gasteiger charge is -2.06. The van der Waals surface area contributed by atoms with Crippen LogP contribution in [0.4, 0.5) is 0 Å². The summed E-state index contributed by atoms with van der Waals surface area (Å²) in [5, 5.41) is 8.03. The van der Waals surface area contributed by atoms with E-state index in [0.29, 0.717) is 0 Å². The van der Waals surface area contributed by atoms with Gasteiger partial charge in [0.25, 0.3) is 0 Å². The Hall–Kier alpha value is -0.690. The summed E-state index contributed by atoms with van der Waals surface area (Å²) >= 11 is 5.25. The molecule has 0 aliphatic heterocycles. The van der Waals surface area contributed by atoms with Crippen molar-refractivity contribution in [2.45, 2.75) is 26.9 Å². The monoisotopic (exact) mass is 357 g/mol. The first kappa shape index (κ1) is 15.7. The van der Waals surface area contributed by atoms with E-state index < -0.39 is 0 Å². The van der Waals surface area contributed by atoms with Crippen molar-refractivity contribution in [2.75, 3.05) is 20.3 Å². The van der Waals surface area contributed by atoms with Crippen molar-refractivity contribution in [2.24, 2.45) is 0 Å². The van der Waals surface area contributed by atoms with E-state index in [1.807, 2.05) is 0 Å². The Kier molecular flexibility index (Phi) is 5.77. The van der Waals surface area contributed by atoms with Crippen LogP contribution in [0.2, 0.25) is 0 Å². The quantitative estimate of drug-likeness (QED) is 0.773. The van der Waals surface area contributed by atoms with E-state index in [9.17, 15) is 0 Å². The molecule has 0 unspecified atom stereocenters. The number of hydrogen-bond donors (Lipinski definition) is 1. The number of nitrogens with zero attached hydrogens (tertiary/aromatic N) is 2. The molecule has 0 spiro atoms. The molecular formula is C14H20BrN3OS. The van der Waals surface area contributed by atoms with Gasteiger partial charge >= 0.3 is 0 Å². The number of aromatic nitrogens is 2. The molecule has 2 aromatic rings. The van der Waals surface area contributed by atoms with Crippen LogP contribution >= 0.6 is 27.3 Å². The summed E-state index contributed by atoms with van der Waals surface area (Å²) in [6.07, 6.45) is 0. The summed E-state index contributed by atoms with van der Waals surface area (Å²) in [5.74, 6) is 0. The number of methoxy groups -OCH3 is 1. The van der Waals surface area contributed by atoms with E-state index in [1.54, 1.807) is 18.4 Å². The maximum absolute atomic E-state index is 5.04. The standard InChI is InChI=1S/C14H20BrN3OS/c1-10-13(8-16-6-7-19-3)11(2)18(17-10)9-12-4-5-14(15)20-12/h4-5,16H,6-9H2,1-3H3. The van der Waals surface area contributed by atoms with Crippen molar-refractivity contribution in [1.82, 2.24) is 15.1 Å². The van der Waals surface area contributed by atoms with Crippen molar-refractivity contribution in [1.29, 1.82) is 0 Å².